The highest BCUT2D eigenvalue weighted by Crippen LogP contribution is 2.40. The number of imidazole rings is 1. The zero-order valence-corrected chi connectivity index (χ0v) is 32.7. The van der Waals surface area contributed by atoms with Crippen LogP contribution < -0.4 is 25.8 Å². The largest absolute Gasteiger partial charge is 0.392 e. The van der Waals surface area contributed by atoms with Crippen LogP contribution in [-0.4, -0.2) is 113 Å². The van der Waals surface area contributed by atoms with E-state index >= 15 is 0 Å². The average Bonchev–Trinajstić information content (AvgIpc) is 4.10. The molecule has 2 amide bonds. The van der Waals surface area contributed by atoms with Crippen molar-refractivity contribution in [1.29, 1.82) is 0 Å². The topological polar surface area (TPSA) is 195 Å². The molecule has 2 saturated heterocycles. The van der Waals surface area contributed by atoms with Crippen LogP contribution in [0.15, 0.2) is 104 Å². The molecule has 2 aromatic carbocycles. The van der Waals surface area contributed by atoms with Crippen molar-refractivity contribution in [2.24, 2.45) is 0 Å². The number of aliphatic hydroxyl groups is 3. The van der Waals surface area contributed by atoms with Gasteiger partial charge in [0.05, 0.1) is 31.2 Å². The summed E-state index contributed by atoms with van der Waals surface area (Å²) in [5, 5.41) is 46.7. The number of piperidine rings is 1. The first kappa shape index (κ1) is 38.4. The molecule has 16 heteroatoms. The number of carbonyl (C=O) groups is 1. The first-order valence-corrected chi connectivity index (χ1v) is 20.5. The monoisotopic (exact) mass is 798 g/mol. The fourth-order valence-corrected chi connectivity index (χ4v) is 8.84. The van der Waals surface area contributed by atoms with Gasteiger partial charge in [0.15, 0.2) is 17.0 Å². The maximum Gasteiger partial charge on any atom is 0.315 e. The Morgan fingerprint density at radius 1 is 0.797 bits per heavy atom. The molecular weight excluding hydrogens is 749 g/mol. The van der Waals surface area contributed by atoms with Gasteiger partial charge in [-0.2, -0.15) is 15.1 Å². The fourth-order valence-electron chi connectivity index (χ4n) is 8.84. The van der Waals surface area contributed by atoms with E-state index in [1.54, 1.807) is 29.6 Å². The number of urea groups is 1. The number of hydrogen-bond acceptors (Lipinski definition) is 12. The minimum atomic E-state index is -1.13. The van der Waals surface area contributed by atoms with Crippen LogP contribution in [0.2, 0.25) is 0 Å². The smallest absolute Gasteiger partial charge is 0.315 e. The molecule has 9 rings (SSSR count). The average molecular weight is 799 g/mol. The lowest BCUT2D eigenvalue weighted by Gasteiger charge is -2.33. The molecule has 6 aromatic rings. The van der Waals surface area contributed by atoms with Gasteiger partial charge in [0.1, 0.15) is 18.0 Å². The molecule has 1 saturated carbocycles. The number of amides is 2. The minimum Gasteiger partial charge on any atom is -0.392 e. The Hall–Kier alpha value is -6.10. The van der Waals surface area contributed by atoms with Crippen LogP contribution in [0, 0.1) is 0 Å². The summed E-state index contributed by atoms with van der Waals surface area (Å²) in [7, 11) is 0. The van der Waals surface area contributed by atoms with Crippen molar-refractivity contribution in [1.82, 2.24) is 44.9 Å². The van der Waals surface area contributed by atoms with Gasteiger partial charge in [0.25, 0.3) is 0 Å². The molecule has 2 aliphatic heterocycles. The summed E-state index contributed by atoms with van der Waals surface area (Å²) < 4.78 is 3.44. The Balaban J connectivity index is 0.951. The van der Waals surface area contributed by atoms with Gasteiger partial charge in [-0.1, -0.05) is 66.7 Å². The van der Waals surface area contributed by atoms with E-state index in [1.165, 1.54) is 0 Å². The van der Waals surface area contributed by atoms with Crippen LogP contribution >= 0.6 is 0 Å². The van der Waals surface area contributed by atoms with E-state index < -0.39 is 24.3 Å². The van der Waals surface area contributed by atoms with Gasteiger partial charge in [-0.25, -0.2) is 14.8 Å². The summed E-state index contributed by atoms with van der Waals surface area (Å²) >= 11 is 0. The Kier molecular flexibility index (Phi) is 11.1. The maximum absolute atomic E-state index is 13.3. The summed E-state index contributed by atoms with van der Waals surface area (Å²) in [6.45, 7) is 3.15. The Morgan fingerprint density at radius 2 is 1.47 bits per heavy atom. The predicted octanol–water partition coefficient (Wildman–Crippen LogP) is 3.61. The highest BCUT2D eigenvalue weighted by atomic mass is 16.3. The van der Waals surface area contributed by atoms with E-state index in [0.29, 0.717) is 61.0 Å². The van der Waals surface area contributed by atoms with Crippen molar-refractivity contribution in [3.05, 3.63) is 120 Å². The molecule has 4 aromatic heterocycles. The highest BCUT2D eigenvalue weighted by molar-refractivity contribution is 5.84. The van der Waals surface area contributed by atoms with Crippen LogP contribution in [0.4, 0.5) is 22.4 Å². The number of carbonyl (C=O) groups excluding carboxylic acids is 1. The normalized spacial score (nSPS) is 22.3. The van der Waals surface area contributed by atoms with Gasteiger partial charge in [-0.15, -0.1) is 0 Å². The SMILES string of the molecule is O=C(NC1CCN(c2ccccn2)CC1)N[C@@H]1CCN(c2nc(NCC(c3ccccc3)c3ccccc3)c3ncn([C@@H]4C[C@H](n5cc(CO)cn5)[C@@H](O)[C@H]4O)c3n2)C1. The van der Waals surface area contributed by atoms with Crippen LogP contribution in [0.5, 0.6) is 0 Å². The van der Waals surface area contributed by atoms with Crippen LogP contribution in [0.1, 0.15) is 60.4 Å². The summed E-state index contributed by atoms with van der Waals surface area (Å²) in [6.07, 6.45) is 7.24. The first-order chi connectivity index (χ1) is 28.9. The van der Waals surface area contributed by atoms with Crippen LogP contribution in [0.25, 0.3) is 11.2 Å². The second-order valence-corrected chi connectivity index (χ2v) is 15.8. The molecule has 0 spiro atoms. The summed E-state index contributed by atoms with van der Waals surface area (Å²) in [5.74, 6) is 2.01. The van der Waals surface area contributed by atoms with Gasteiger partial charge in [0.2, 0.25) is 5.95 Å². The van der Waals surface area contributed by atoms with Gasteiger partial charge in [-0.05, 0) is 48.9 Å². The van der Waals surface area contributed by atoms with E-state index in [9.17, 15) is 20.1 Å². The molecule has 6 N–H and O–H groups in total. The number of aliphatic hydroxyl groups excluding tert-OH is 3. The lowest BCUT2D eigenvalue weighted by atomic mass is 9.91. The molecule has 1 aliphatic carbocycles. The van der Waals surface area contributed by atoms with Crippen molar-refractivity contribution in [2.75, 3.05) is 47.8 Å². The maximum atomic E-state index is 13.3. The summed E-state index contributed by atoms with van der Waals surface area (Å²) in [4.78, 5) is 37.0. The second-order valence-electron chi connectivity index (χ2n) is 15.8. The van der Waals surface area contributed by atoms with Gasteiger partial charge < -0.3 is 45.6 Å². The standard InChI is InChI=1S/C43H50N12O4/c56-26-28-22-47-55(24-28)35-21-34(38(57)39(35)58)54-27-46-37-40(45-23-33(29-9-3-1-4-10-29)30-11-5-2-6-12-30)50-42(51-41(37)54)53-20-16-32(25-53)49-43(59)48-31-14-18-52(19-15-31)36-13-7-8-17-44-36/h1-13,17,22,24,27,31-35,38-39,56-58H,14-16,18-21,23,25-26H2,(H,45,50,51)(H2,48,49,59)/t32-,34-,35+,38+,39-/m1/s1. The van der Waals surface area contributed by atoms with Crippen molar-refractivity contribution < 1.29 is 20.1 Å². The molecule has 3 aliphatic rings. The van der Waals surface area contributed by atoms with Gasteiger partial charge in [-0.3, -0.25) is 4.68 Å². The zero-order chi connectivity index (χ0) is 40.3. The number of benzene rings is 2. The third-order valence-electron chi connectivity index (χ3n) is 12.1. The fraction of sp³-hybridized carbons (Fsp3) is 0.395. The van der Waals surface area contributed by atoms with Crippen molar-refractivity contribution in [3.63, 3.8) is 0 Å². The molecule has 0 bridgehead atoms. The number of rotatable bonds is 12. The number of fused-ring (bicyclic) bond motifs is 1. The Morgan fingerprint density at radius 3 is 2.17 bits per heavy atom. The zero-order valence-electron chi connectivity index (χ0n) is 32.7. The van der Waals surface area contributed by atoms with Crippen molar-refractivity contribution >= 4 is 34.8 Å². The lowest BCUT2D eigenvalue weighted by molar-refractivity contribution is 0.00720. The first-order valence-electron chi connectivity index (χ1n) is 20.5. The second kappa shape index (κ2) is 17.0. The predicted molar refractivity (Wildman–Crippen MR) is 223 cm³/mol. The number of anilines is 3. The number of nitrogens with zero attached hydrogens (tertiary/aromatic N) is 9. The third kappa shape index (κ3) is 8.15. The van der Waals surface area contributed by atoms with Gasteiger partial charge >= 0.3 is 6.03 Å². The molecule has 0 unspecified atom stereocenters. The summed E-state index contributed by atoms with van der Waals surface area (Å²) in [6, 6.07) is 25.3. The third-order valence-corrected chi connectivity index (χ3v) is 12.1. The molecule has 0 radical (unpaired) electrons. The molecule has 5 atom stereocenters. The van der Waals surface area contributed by atoms with Crippen LogP contribution in [0.3, 0.4) is 0 Å². The molecule has 6 heterocycles. The Bertz CT molecular complexity index is 2280. The quantitative estimate of drug-likeness (QED) is 0.106. The lowest BCUT2D eigenvalue weighted by Crippen LogP contribution is -2.50. The molecule has 306 valence electrons. The van der Waals surface area contributed by atoms with E-state index in [2.05, 4.69) is 60.1 Å². The molecule has 59 heavy (non-hydrogen) atoms. The van der Waals surface area contributed by atoms with Gasteiger partial charge in [0, 0.05) is 68.7 Å². The number of hydrogen-bond donors (Lipinski definition) is 6. The minimum absolute atomic E-state index is 0.0134. The summed E-state index contributed by atoms with van der Waals surface area (Å²) in [5.41, 5.74) is 4.00. The highest BCUT2D eigenvalue weighted by Gasteiger charge is 2.45. The molecule has 16 nitrogen and oxygen atoms in total. The van der Waals surface area contributed by atoms with E-state index in [0.717, 1.165) is 42.9 Å². The van der Waals surface area contributed by atoms with E-state index in [-0.39, 0.29) is 30.6 Å². The number of aromatic nitrogens is 7. The molecular formula is C43H50N12O4. The van der Waals surface area contributed by atoms with E-state index in [4.69, 9.17) is 15.0 Å². The Labute approximate surface area is 342 Å². The van der Waals surface area contributed by atoms with Crippen LogP contribution in [-0.2, 0) is 6.61 Å². The number of pyridine rings is 1. The van der Waals surface area contributed by atoms with Crippen molar-refractivity contribution in [3.8, 4) is 0 Å². The molecule has 3 fully saturated rings. The number of nitrogens with one attached hydrogen (secondary N) is 3. The van der Waals surface area contributed by atoms with E-state index in [1.807, 2.05) is 59.2 Å². The van der Waals surface area contributed by atoms with Crippen molar-refractivity contribution in [2.45, 2.75) is 74.6 Å².